The molecule has 0 spiro atoms. The Hall–Kier alpha value is 2.98. The van der Waals surface area contributed by atoms with E-state index in [9.17, 15) is 4.79 Å². The van der Waals surface area contributed by atoms with Gasteiger partial charge in [-0.1, -0.05) is 12.2 Å². The molecule has 0 aromatic carbocycles. The van der Waals surface area contributed by atoms with E-state index in [1.54, 1.807) is 0 Å². The molecular weight excluding hydrogens is 296 g/mol. The van der Waals surface area contributed by atoms with Crippen LogP contribution in [0.4, 0.5) is 0 Å². The first-order valence-corrected chi connectivity index (χ1v) is 2.75. The molecule has 1 rings (SSSR count). The molecule has 1 aliphatic rings. The first-order valence-electron chi connectivity index (χ1n) is 2.34. The van der Waals surface area contributed by atoms with Gasteiger partial charge in [0.25, 0.3) is 0 Å². The van der Waals surface area contributed by atoms with Gasteiger partial charge in [-0.25, -0.2) is 5.43 Å². The Labute approximate surface area is 172 Å². The largest absolute Gasteiger partial charge is 1.00 e. The van der Waals surface area contributed by atoms with E-state index in [1.165, 1.54) is 5.16 Å². The number of carbonyl (C=O) groups is 1. The summed E-state index contributed by atoms with van der Waals surface area (Å²) >= 11 is 3.70. The summed E-state index contributed by atoms with van der Waals surface area (Å²) in [5.74, 6) is 0.0926. The van der Waals surface area contributed by atoms with Crippen LogP contribution < -0.4 is 131 Å². The van der Waals surface area contributed by atoms with Crippen LogP contribution in [0.15, 0.2) is 0 Å². The summed E-state index contributed by atoms with van der Waals surface area (Å²) < 4.78 is 0. The molecule has 1 heterocycles. The summed E-state index contributed by atoms with van der Waals surface area (Å²) in [7, 11) is 0. The molecule has 8 heteroatoms. The Morgan fingerprint density at radius 1 is 1.50 bits per heavy atom. The molecule has 1 saturated heterocycles. The summed E-state index contributed by atoms with van der Waals surface area (Å²) in [6, 6.07) is 0. The smallest absolute Gasteiger partial charge is 1.00 e. The van der Waals surface area contributed by atoms with E-state index in [0.717, 1.165) is 6.54 Å². The van der Waals surface area contributed by atoms with Crippen molar-refractivity contribution in [2.45, 2.75) is 6.42 Å². The number of rotatable bonds is 0. The number of nitrogens with one attached hydrogen (secondary N) is 2. The van der Waals surface area contributed by atoms with Gasteiger partial charge in [-0.3, -0.25) is 10.2 Å². The molecule has 58 valence electrons. The van der Waals surface area contributed by atoms with Crippen LogP contribution >= 0.6 is 12.2 Å². The second-order valence-corrected chi connectivity index (χ2v) is 1.50. The van der Waals surface area contributed by atoms with Gasteiger partial charge in [0.1, 0.15) is 0 Å². The second kappa shape index (κ2) is 19.5. The number of halogens is 1. The average molecular weight is 302 g/mol. The zero-order chi connectivity index (χ0) is 7.11. The molecule has 0 aromatic heterocycles. The molecule has 0 unspecified atom stereocenters. The number of hydrogen-bond acceptors (Lipinski definition) is 3. The van der Waals surface area contributed by atoms with Crippen molar-refractivity contribution in [1.29, 1.82) is 0 Å². The Kier molecular flexibility index (Phi) is 39.5. The van der Waals surface area contributed by atoms with Crippen molar-refractivity contribution >= 4 is 23.3 Å². The van der Waals surface area contributed by atoms with Crippen molar-refractivity contribution in [2.24, 2.45) is 0 Å². The number of nitrogens with zero attached hydrogens (tertiary/aromatic N) is 1. The molecule has 0 bridgehead atoms. The van der Waals surface area contributed by atoms with Gasteiger partial charge < -0.3 is 22.4 Å². The first kappa shape index (κ1) is 24.3. The summed E-state index contributed by atoms with van der Waals surface area (Å²) in [6.07, 6.45) is 0.625. The van der Waals surface area contributed by atoms with E-state index >= 15 is 0 Å². The number of hydrogen-bond donors (Lipinski definition) is 2. The standard InChI is InChI=1S/C3H6N2O.CNS.BrH.2K/c6-3-1-2-4-5-3;2-1-3;;;/h4H,1-2H2,(H,5,6);;1H;;/q;-1;;2*+1/p-1. The Balaban J connectivity index is -0.0000000489. The van der Waals surface area contributed by atoms with Crippen molar-refractivity contribution in [1.82, 2.24) is 10.9 Å². The Morgan fingerprint density at radius 2 is 1.92 bits per heavy atom. The average Bonchev–Trinajstić information content (AvgIpc) is 2.20. The third-order valence-electron chi connectivity index (χ3n) is 0.705. The summed E-state index contributed by atoms with van der Waals surface area (Å²) in [5, 5.41) is 8.47. The molecule has 1 aliphatic heterocycles. The third kappa shape index (κ3) is 18.7. The number of carbonyl (C=O) groups excluding carboxylic acids is 1. The van der Waals surface area contributed by atoms with Gasteiger partial charge in [-0.15, -0.1) is 0 Å². The van der Waals surface area contributed by atoms with E-state index in [0.29, 0.717) is 6.42 Å². The summed E-state index contributed by atoms with van der Waals surface area (Å²) in [5.41, 5.74) is 5.10. The maximum atomic E-state index is 10.1. The van der Waals surface area contributed by atoms with Gasteiger partial charge in [0.05, 0.1) is 0 Å². The van der Waals surface area contributed by atoms with Crippen LogP contribution in [0.5, 0.6) is 0 Å². The molecule has 0 atom stereocenters. The first-order chi connectivity index (χ1) is 4.31. The van der Waals surface area contributed by atoms with Gasteiger partial charge >= 0.3 is 103 Å². The Morgan fingerprint density at radius 3 is 2.00 bits per heavy atom. The molecule has 2 N–H and O–H groups in total. The van der Waals surface area contributed by atoms with Crippen molar-refractivity contribution in [2.75, 3.05) is 6.54 Å². The predicted octanol–water partition coefficient (Wildman–Crippen LogP) is -9.32. The fraction of sp³-hybridized carbons (Fsp3) is 0.500. The van der Waals surface area contributed by atoms with Gasteiger partial charge in [-0.05, 0) is 0 Å². The van der Waals surface area contributed by atoms with Crippen LogP contribution in [0.1, 0.15) is 6.42 Å². The molecule has 0 aliphatic carbocycles. The van der Waals surface area contributed by atoms with Gasteiger partial charge in [0.15, 0.2) is 0 Å². The van der Waals surface area contributed by atoms with Crippen LogP contribution in [-0.2, 0) is 4.79 Å². The molecule has 0 radical (unpaired) electrons. The minimum Gasteiger partial charge on any atom is -1.00 e. The number of amides is 1. The molecule has 1 fully saturated rings. The van der Waals surface area contributed by atoms with Crippen molar-refractivity contribution in [3.05, 3.63) is 5.41 Å². The second-order valence-electron chi connectivity index (χ2n) is 1.32. The van der Waals surface area contributed by atoms with Gasteiger partial charge in [0, 0.05) is 13.0 Å². The fourth-order valence-electron chi connectivity index (χ4n) is 0.400. The van der Waals surface area contributed by atoms with Crippen molar-refractivity contribution in [3.8, 4) is 0 Å². The quantitative estimate of drug-likeness (QED) is 0.265. The summed E-state index contributed by atoms with van der Waals surface area (Å²) in [4.78, 5) is 10.1. The molecular formula is C4H6BrK2N3OS. The van der Waals surface area contributed by atoms with Crippen LogP contribution in [-0.4, -0.2) is 17.6 Å². The molecule has 12 heavy (non-hydrogen) atoms. The van der Waals surface area contributed by atoms with Crippen LogP contribution in [0.3, 0.4) is 0 Å². The van der Waals surface area contributed by atoms with E-state index in [-0.39, 0.29) is 126 Å². The fourth-order valence-corrected chi connectivity index (χ4v) is 0.400. The van der Waals surface area contributed by atoms with Crippen molar-refractivity contribution < 1.29 is 125 Å². The molecule has 0 saturated carbocycles. The van der Waals surface area contributed by atoms with Crippen molar-refractivity contribution in [3.63, 3.8) is 0 Å². The maximum Gasteiger partial charge on any atom is 1.00 e. The Bertz CT molecular complexity index is 134. The minimum absolute atomic E-state index is 0. The predicted molar refractivity (Wildman–Crippen MR) is 36.7 cm³/mol. The zero-order valence-electron chi connectivity index (χ0n) is 7.06. The monoisotopic (exact) mass is 301 g/mol. The number of hydrazine groups is 1. The van der Waals surface area contributed by atoms with E-state index in [2.05, 4.69) is 23.1 Å². The van der Waals surface area contributed by atoms with Gasteiger partial charge in [0.2, 0.25) is 5.91 Å². The topological polar surface area (TPSA) is 63.4 Å². The maximum absolute atomic E-state index is 10.1. The minimum atomic E-state index is 0. The zero-order valence-corrected chi connectivity index (χ0v) is 15.7. The van der Waals surface area contributed by atoms with Gasteiger partial charge in [-0.2, -0.15) is 5.16 Å². The summed E-state index contributed by atoms with van der Waals surface area (Å²) in [6.45, 7) is 0.777. The molecule has 1 amide bonds. The normalized spacial score (nSPS) is 11.2. The SMILES string of the molecule is O=C1CCNN1.[Br-].[K+].[K+].[N-]=C=S. The van der Waals surface area contributed by atoms with Crippen LogP contribution in [0, 0.1) is 0 Å². The van der Waals surface area contributed by atoms with E-state index in [4.69, 9.17) is 5.41 Å². The molecule has 0 aromatic rings. The van der Waals surface area contributed by atoms with E-state index in [1.807, 2.05) is 0 Å². The van der Waals surface area contributed by atoms with E-state index < -0.39 is 0 Å². The number of thiocarbonyl (C=S) groups is 1. The van der Waals surface area contributed by atoms with Crippen LogP contribution in [0.25, 0.3) is 5.41 Å². The number of isothiocyanates is 1. The molecule has 4 nitrogen and oxygen atoms in total. The van der Waals surface area contributed by atoms with Crippen LogP contribution in [0.2, 0.25) is 0 Å². The third-order valence-corrected chi connectivity index (χ3v) is 0.705.